The van der Waals surface area contributed by atoms with Crippen LogP contribution in [-0.4, -0.2) is 27.4 Å². The molecule has 1 aromatic rings. The van der Waals surface area contributed by atoms with Gasteiger partial charge in [0.15, 0.2) is 0 Å². The van der Waals surface area contributed by atoms with Crippen molar-refractivity contribution in [1.29, 1.82) is 0 Å². The lowest BCUT2D eigenvalue weighted by molar-refractivity contribution is 0.357. The van der Waals surface area contributed by atoms with Crippen molar-refractivity contribution < 1.29 is 0 Å². The Morgan fingerprint density at radius 1 is 1.32 bits per heavy atom. The minimum Gasteiger partial charge on any atom is -0.389 e. The summed E-state index contributed by atoms with van der Waals surface area (Å²) in [7, 11) is 2.00. The van der Waals surface area contributed by atoms with E-state index in [0.29, 0.717) is 11.0 Å². The summed E-state index contributed by atoms with van der Waals surface area (Å²) >= 11 is 5.24. The van der Waals surface area contributed by atoms with Gasteiger partial charge in [-0.15, -0.1) is 0 Å². The summed E-state index contributed by atoms with van der Waals surface area (Å²) in [5.41, 5.74) is 7.85. The number of aromatic nitrogens is 2. The molecule has 4 nitrogen and oxygen atoms in total. The third kappa shape index (κ3) is 2.04. The molecule has 3 rings (SSSR count). The normalized spacial score (nSPS) is 26.5. The maximum Gasteiger partial charge on any atom is 0.137 e. The molecule has 2 aliphatic rings. The number of piperidine rings is 1. The van der Waals surface area contributed by atoms with Gasteiger partial charge < -0.3 is 10.6 Å². The fourth-order valence-corrected chi connectivity index (χ4v) is 4.22. The molecule has 0 radical (unpaired) electrons. The van der Waals surface area contributed by atoms with Crippen molar-refractivity contribution >= 4 is 23.0 Å². The van der Waals surface area contributed by atoms with Crippen LogP contribution >= 0.6 is 12.2 Å². The average molecular weight is 278 g/mol. The molecule has 1 aromatic heterocycles. The van der Waals surface area contributed by atoms with Crippen LogP contribution in [0.4, 0.5) is 5.82 Å². The Kier molecular flexibility index (Phi) is 3.25. The molecule has 0 spiro atoms. The highest BCUT2D eigenvalue weighted by Crippen LogP contribution is 2.40. The van der Waals surface area contributed by atoms with Gasteiger partial charge in [0.1, 0.15) is 10.8 Å². The van der Waals surface area contributed by atoms with Crippen molar-refractivity contribution in [3.63, 3.8) is 0 Å². The maximum absolute atomic E-state index is 5.92. The van der Waals surface area contributed by atoms with E-state index in [2.05, 4.69) is 10.00 Å². The average Bonchev–Trinajstić information content (AvgIpc) is 2.92. The number of aryl methyl sites for hydroxylation is 2. The summed E-state index contributed by atoms with van der Waals surface area (Å²) in [6.45, 7) is 3.10. The van der Waals surface area contributed by atoms with Gasteiger partial charge in [-0.25, -0.2) is 0 Å². The van der Waals surface area contributed by atoms with E-state index in [1.54, 1.807) is 0 Å². The summed E-state index contributed by atoms with van der Waals surface area (Å²) in [5, 5.41) is 4.53. The molecule has 5 heteroatoms. The van der Waals surface area contributed by atoms with Crippen LogP contribution < -0.4 is 10.6 Å². The molecule has 0 amide bonds. The maximum atomic E-state index is 5.92. The molecule has 19 heavy (non-hydrogen) atoms. The van der Waals surface area contributed by atoms with Gasteiger partial charge in [0, 0.05) is 19.6 Å². The van der Waals surface area contributed by atoms with Gasteiger partial charge in [-0.2, -0.15) is 5.10 Å². The van der Waals surface area contributed by atoms with Crippen molar-refractivity contribution in [3.05, 3.63) is 11.3 Å². The monoisotopic (exact) mass is 278 g/mol. The summed E-state index contributed by atoms with van der Waals surface area (Å²) in [5.74, 6) is 1.99. The number of hydrogen-bond acceptors (Lipinski definition) is 3. The highest BCUT2D eigenvalue weighted by atomic mass is 32.1. The molecule has 104 valence electrons. The predicted octanol–water partition coefficient (Wildman–Crippen LogP) is 2.13. The van der Waals surface area contributed by atoms with Gasteiger partial charge in [0.2, 0.25) is 0 Å². The van der Waals surface area contributed by atoms with Gasteiger partial charge >= 0.3 is 0 Å². The van der Waals surface area contributed by atoms with Crippen LogP contribution in [0.3, 0.4) is 0 Å². The molecule has 0 aromatic carbocycles. The fourth-order valence-electron chi connectivity index (χ4n) is 3.98. The van der Waals surface area contributed by atoms with E-state index in [-0.39, 0.29) is 0 Å². The molecule has 1 aliphatic carbocycles. The number of nitrogens with zero attached hydrogens (tertiary/aromatic N) is 3. The summed E-state index contributed by atoms with van der Waals surface area (Å²) in [6, 6.07) is 0.664. The number of rotatable bonds is 2. The van der Waals surface area contributed by atoms with E-state index in [4.69, 9.17) is 18.0 Å². The van der Waals surface area contributed by atoms with E-state index < -0.39 is 0 Å². The Balaban J connectivity index is 2.03. The Hall–Kier alpha value is -1.10. The molecular formula is C14H22N4S. The zero-order chi connectivity index (χ0) is 13.6. The first-order valence-corrected chi connectivity index (χ1v) is 7.60. The molecule has 1 saturated heterocycles. The standard InChI is InChI=1S/C14H22N4S/c1-9-12(13(15)19)14(17(2)16-9)18-8-4-6-10-5-3-7-11(10)18/h10-11H,3-8H2,1-2H3,(H2,15,19). The van der Waals surface area contributed by atoms with Crippen molar-refractivity contribution in [1.82, 2.24) is 9.78 Å². The van der Waals surface area contributed by atoms with Gasteiger partial charge in [-0.05, 0) is 38.5 Å². The van der Waals surface area contributed by atoms with E-state index in [1.165, 1.54) is 32.1 Å². The van der Waals surface area contributed by atoms with Crippen molar-refractivity contribution in [2.45, 2.75) is 45.1 Å². The van der Waals surface area contributed by atoms with E-state index in [9.17, 15) is 0 Å². The first kappa shape index (κ1) is 12.9. The Morgan fingerprint density at radius 3 is 2.79 bits per heavy atom. The molecule has 0 bridgehead atoms. The molecule has 2 N–H and O–H groups in total. The van der Waals surface area contributed by atoms with Crippen LogP contribution in [0.15, 0.2) is 0 Å². The summed E-state index contributed by atoms with van der Waals surface area (Å²) in [6.07, 6.45) is 6.67. The molecule has 2 heterocycles. The van der Waals surface area contributed by atoms with E-state index >= 15 is 0 Å². The molecular weight excluding hydrogens is 256 g/mol. The lowest BCUT2D eigenvalue weighted by atomic mass is 9.91. The van der Waals surface area contributed by atoms with Crippen LogP contribution in [0, 0.1) is 12.8 Å². The second-order valence-electron chi connectivity index (χ2n) is 5.87. The van der Waals surface area contributed by atoms with Crippen molar-refractivity contribution in [3.8, 4) is 0 Å². The number of fused-ring (bicyclic) bond motifs is 1. The van der Waals surface area contributed by atoms with Gasteiger partial charge in [-0.3, -0.25) is 4.68 Å². The van der Waals surface area contributed by atoms with Crippen LogP contribution in [0.5, 0.6) is 0 Å². The Labute approximate surface area is 119 Å². The van der Waals surface area contributed by atoms with Crippen LogP contribution in [0.1, 0.15) is 43.4 Å². The summed E-state index contributed by atoms with van der Waals surface area (Å²) < 4.78 is 1.96. The first-order chi connectivity index (χ1) is 9.09. The van der Waals surface area contributed by atoms with Gasteiger partial charge in [0.25, 0.3) is 0 Å². The lowest BCUT2D eigenvalue weighted by Gasteiger charge is -2.39. The lowest BCUT2D eigenvalue weighted by Crippen LogP contribution is -2.44. The molecule has 2 unspecified atom stereocenters. The topological polar surface area (TPSA) is 47.1 Å². The second kappa shape index (κ2) is 4.78. The molecule has 1 saturated carbocycles. The second-order valence-corrected chi connectivity index (χ2v) is 6.31. The minimum absolute atomic E-state index is 0.473. The number of anilines is 1. The van der Waals surface area contributed by atoms with Crippen LogP contribution in [0.2, 0.25) is 0 Å². The molecule has 1 aliphatic heterocycles. The zero-order valence-electron chi connectivity index (χ0n) is 11.7. The van der Waals surface area contributed by atoms with E-state index in [1.807, 2.05) is 18.7 Å². The molecule has 2 fully saturated rings. The van der Waals surface area contributed by atoms with E-state index in [0.717, 1.165) is 29.5 Å². The first-order valence-electron chi connectivity index (χ1n) is 7.19. The molecule has 2 atom stereocenters. The largest absolute Gasteiger partial charge is 0.389 e. The zero-order valence-corrected chi connectivity index (χ0v) is 12.5. The third-order valence-electron chi connectivity index (χ3n) is 4.70. The van der Waals surface area contributed by atoms with Gasteiger partial charge in [-0.1, -0.05) is 18.6 Å². The number of thiocarbonyl (C=S) groups is 1. The predicted molar refractivity (Wildman–Crippen MR) is 81.5 cm³/mol. The van der Waals surface area contributed by atoms with Crippen LogP contribution in [0.25, 0.3) is 0 Å². The number of nitrogens with two attached hydrogens (primary N) is 1. The summed E-state index contributed by atoms with van der Waals surface area (Å²) in [4.78, 5) is 3.00. The number of hydrogen-bond donors (Lipinski definition) is 1. The SMILES string of the molecule is Cc1nn(C)c(N2CCCC3CCCC32)c1C(N)=S. The quantitative estimate of drug-likeness (QED) is 0.842. The fraction of sp³-hybridized carbons (Fsp3) is 0.714. The minimum atomic E-state index is 0.473. The highest BCUT2D eigenvalue weighted by molar-refractivity contribution is 7.80. The third-order valence-corrected chi connectivity index (χ3v) is 4.91. The van der Waals surface area contributed by atoms with Gasteiger partial charge in [0.05, 0.1) is 11.3 Å². The van der Waals surface area contributed by atoms with Crippen molar-refractivity contribution in [2.24, 2.45) is 18.7 Å². The van der Waals surface area contributed by atoms with Crippen molar-refractivity contribution in [2.75, 3.05) is 11.4 Å². The highest BCUT2D eigenvalue weighted by Gasteiger charge is 2.37. The van der Waals surface area contributed by atoms with Crippen LogP contribution in [-0.2, 0) is 7.05 Å². The Bertz CT molecular complexity index is 508. The Morgan fingerprint density at radius 2 is 2.05 bits per heavy atom. The smallest absolute Gasteiger partial charge is 0.137 e.